The Morgan fingerprint density at radius 1 is 1.24 bits per heavy atom. The van der Waals surface area contributed by atoms with Gasteiger partial charge >= 0.3 is 0 Å². The van der Waals surface area contributed by atoms with Gasteiger partial charge in [-0.3, -0.25) is 0 Å². The van der Waals surface area contributed by atoms with E-state index in [4.69, 9.17) is 10.6 Å². The summed E-state index contributed by atoms with van der Waals surface area (Å²) in [7, 11) is 0. The minimum Gasteiger partial charge on any atom is -0.330 e. The van der Waals surface area contributed by atoms with Crippen molar-refractivity contribution >= 4 is 0 Å². The molecule has 4 atom stereocenters. The van der Waals surface area contributed by atoms with Crippen LogP contribution < -0.4 is 5.73 Å². The van der Waals surface area contributed by atoms with Gasteiger partial charge in [-0.15, -0.1) is 20.2 Å². The van der Waals surface area contributed by atoms with E-state index in [9.17, 15) is 20.2 Å². The molecule has 0 aromatic carbocycles. The fourth-order valence-corrected chi connectivity index (χ4v) is 4.92. The number of nitrogens with zero attached hydrogens (tertiary/aromatic N) is 2. The van der Waals surface area contributed by atoms with Crippen molar-refractivity contribution in [2.24, 2.45) is 22.0 Å². The van der Waals surface area contributed by atoms with Crippen molar-refractivity contribution in [2.45, 2.75) is 59.0 Å². The Morgan fingerprint density at radius 3 is 2.44 bits per heavy atom. The van der Waals surface area contributed by atoms with E-state index in [2.05, 4.69) is 18.7 Å². The van der Waals surface area contributed by atoms with Crippen molar-refractivity contribution in [3.63, 3.8) is 0 Å². The third-order valence-electron chi connectivity index (χ3n) is 5.91. The topological polar surface area (TPSA) is 131 Å². The summed E-state index contributed by atoms with van der Waals surface area (Å²) in [4.78, 5) is 30.6. The summed E-state index contributed by atoms with van der Waals surface area (Å²) in [5.41, 5.74) is 6.56. The molecule has 0 radical (unpaired) electrons. The highest BCUT2D eigenvalue weighted by atomic mass is 17.0. The summed E-state index contributed by atoms with van der Waals surface area (Å²) in [5.74, 6) is 0. The normalized spacial score (nSPS) is 35.4. The minimum absolute atomic E-state index is 0.154. The highest BCUT2D eigenvalue weighted by Crippen LogP contribution is 2.59. The lowest BCUT2D eigenvalue weighted by atomic mass is 9.51. The molecule has 142 valence electrons. The van der Waals surface area contributed by atoms with E-state index in [0.29, 0.717) is 13.0 Å². The van der Waals surface area contributed by atoms with Crippen LogP contribution in [0, 0.1) is 36.5 Å². The summed E-state index contributed by atoms with van der Waals surface area (Å²) in [5, 5.41) is 19.6. The zero-order valence-corrected chi connectivity index (χ0v) is 15.0. The van der Waals surface area contributed by atoms with Crippen LogP contribution in [0.1, 0.15) is 52.9 Å². The molecular weight excluding hydrogens is 330 g/mol. The zero-order chi connectivity index (χ0) is 18.9. The maximum Gasteiger partial charge on any atom is 0.294 e. The first kappa shape index (κ1) is 19.4. The molecule has 2 N–H and O–H groups in total. The van der Waals surface area contributed by atoms with Crippen molar-refractivity contribution < 1.29 is 19.8 Å². The van der Waals surface area contributed by atoms with Crippen LogP contribution in [0.15, 0.2) is 11.6 Å². The van der Waals surface area contributed by atoms with Gasteiger partial charge in [0.2, 0.25) is 0 Å². The number of allylic oxidation sites excluding steroid dienone is 1. The Hall–Kier alpha value is -1.90. The van der Waals surface area contributed by atoms with Crippen LogP contribution in [-0.2, 0) is 9.68 Å². The Balaban J connectivity index is 2.36. The molecule has 1 saturated carbocycles. The third kappa shape index (κ3) is 4.20. The number of hydrogen-bond acceptors (Lipinski definition) is 7. The molecule has 2 aliphatic rings. The highest BCUT2D eigenvalue weighted by Gasteiger charge is 2.52. The van der Waals surface area contributed by atoms with Crippen LogP contribution in [-0.4, -0.2) is 29.4 Å². The van der Waals surface area contributed by atoms with Crippen molar-refractivity contribution in [1.82, 2.24) is 0 Å². The standard InChI is InChI=1S/C16H27N3O6/c1-4-14(2)5-12-6-15(3,10-16(7-12,9-14)11-17)13(25-19(22)23)8-24-18(20)21/h6,13H,4-5,7-11,17H2,1-3H3. The van der Waals surface area contributed by atoms with Gasteiger partial charge in [0.15, 0.2) is 0 Å². The Kier molecular flexibility index (Phi) is 5.27. The second kappa shape index (κ2) is 6.78. The molecule has 9 heteroatoms. The summed E-state index contributed by atoms with van der Waals surface area (Å²) in [6.45, 7) is 6.22. The first-order chi connectivity index (χ1) is 11.6. The largest absolute Gasteiger partial charge is 0.330 e. The van der Waals surface area contributed by atoms with E-state index >= 15 is 0 Å². The fraction of sp³-hybridized carbons (Fsp3) is 0.875. The van der Waals surface area contributed by atoms with Gasteiger partial charge < -0.3 is 15.4 Å². The molecule has 0 amide bonds. The Bertz CT molecular complexity index is 582. The first-order valence-electron chi connectivity index (χ1n) is 8.54. The average molecular weight is 357 g/mol. The SMILES string of the molecule is CCC1(C)CC2=CC(C)(C(CO[N+](=O)[O-])O[N+](=O)[O-])CC(CN)(C2)C1. The predicted octanol–water partition coefficient (Wildman–Crippen LogP) is 2.65. The van der Waals surface area contributed by atoms with Crippen LogP contribution >= 0.6 is 0 Å². The van der Waals surface area contributed by atoms with E-state index < -0.39 is 28.3 Å². The molecule has 2 rings (SSSR count). The summed E-state index contributed by atoms with van der Waals surface area (Å²) in [6, 6.07) is 0. The Labute approximate surface area is 146 Å². The van der Waals surface area contributed by atoms with E-state index in [1.165, 1.54) is 5.57 Å². The van der Waals surface area contributed by atoms with Crippen molar-refractivity contribution in [3.8, 4) is 0 Å². The second-order valence-electron chi connectivity index (χ2n) is 8.22. The van der Waals surface area contributed by atoms with E-state index in [0.717, 1.165) is 25.7 Å². The van der Waals surface area contributed by atoms with Crippen LogP contribution in [0.2, 0.25) is 0 Å². The van der Waals surface area contributed by atoms with Crippen LogP contribution in [0.4, 0.5) is 0 Å². The van der Waals surface area contributed by atoms with Gasteiger partial charge in [0.25, 0.3) is 10.2 Å². The van der Waals surface area contributed by atoms with Crippen molar-refractivity contribution in [1.29, 1.82) is 0 Å². The lowest BCUT2D eigenvalue weighted by Gasteiger charge is -2.54. The molecule has 2 bridgehead atoms. The second-order valence-corrected chi connectivity index (χ2v) is 8.22. The van der Waals surface area contributed by atoms with Crippen molar-refractivity contribution in [3.05, 3.63) is 31.9 Å². The van der Waals surface area contributed by atoms with E-state index in [-0.39, 0.29) is 10.8 Å². The number of fused-ring (bicyclic) bond motifs is 2. The van der Waals surface area contributed by atoms with Crippen LogP contribution in [0.3, 0.4) is 0 Å². The van der Waals surface area contributed by atoms with Gasteiger partial charge in [-0.05, 0) is 43.1 Å². The monoisotopic (exact) mass is 357 g/mol. The number of hydrogen-bond donors (Lipinski definition) is 1. The van der Waals surface area contributed by atoms with Crippen LogP contribution in [0.25, 0.3) is 0 Å². The molecule has 1 fully saturated rings. The molecule has 0 aliphatic heterocycles. The Morgan fingerprint density at radius 2 is 1.92 bits per heavy atom. The molecule has 0 saturated heterocycles. The smallest absolute Gasteiger partial charge is 0.294 e. The molecule has 2 aliphatic carbocycles. The fourth-order valence-electron chi connectivity index (χ4n) is 4.92. The van der Waals surface area contributed by atoms with Crippen molar-refractivity contribution in [2.75, 3.05) is 13.2 Å². The lowest BCUT2D eigenvalue weighted by molar-refractivity contribution is -0.793. The molecule has 9 nitrogen and oxygen atoms in total. The molecule has 25 heavy (non-hydrogen) atoms. The molecule has 0 spiro atoms. The van der Waals surface area contributed by atoms with Gasteiger partial charge in [0.05, 0.1) is 0 Å². The summed E-state index contributed by atoms with van der Waals surface area (Å²) < 4.78 is 0. The molecule has 0 aromatic rings. The lowest BCUT2D eigenvalue weighted by Crippen LogP contribution is -2.51. The van der Waals surface area contributed by atoms with Gasteiger partial charge in [0, 0.05) is 5.41 Å². The minimum atomic E-state index is -1.06. The summed E-state index contributed by atoms with van der Waals surface area (Å²) >= 11 is 0. The van der Waals surface area contributed by atoms with Crippen LogP contribution in [0.5, 0.6) is 0 Å². The van der Waals surface area contributed by atoms with E-state index in [1.54, 1.807) is 0 Å². The molecule has 4 unspecified atom stereocenters. The first-order valence-corrected chi connectivity index (χ1v) is 8.54. The molecule has 0 aromatic heterocycles. The molecule has 0 heterocycles. The number of rotatable bonds is 8. The van der Waals surface area contributed by atoms with Gasteiger partial charge in [-0.1, -0.05) is 38.8 Å². The van der Waals surface area contributed by atoms with Gasteiger partial charge in [0.1, 0.15) is 12.7 Å². The summed E-state index contributed by atoms with van der Waals surface area (Å²) in [6.07, 6.45) is 5.27. The third-order valence-corrected chi connectivity index (χ3v) is 5.91. The predicted molar refractivity (Wildman–Crippen MR) is 89.4 cm³/mol. The average Bonchev–Trinajstić information content (AvgIpc) is 2.49. The molecular formula is C16H27N3O6. The van der Waals surface area contributed by atoms with E-state index in [1.807, 2.05) is 13.0 Å². The highest BCUT2D eigenvalue weighted by molar-refractivity contribution is 5.24. The maximum atomic E-state index is 10.9. The van der Waals surface area contributed by atoms with Gasteiger partial charge in [-0.25, -0.2) is 0 Å². The maximum absolute atomic E-state index is 10.9. The number of nitrogens with two attached hydrogens (primary N) is 1. The zero-order valence-electron chi connectivity index (χ0n) is 15.0. The quantitative estimate of drug-likeness (QED) is 0.401. The van der Waals surface area contributed by atoms with Gasteiger partial charge in [-0.2, -0.15) is 0 Å².